The van der Waals surface area contributed by atoms with Crippen LogP contribution in [0.25, 0.3) is 10.8 Å². The van der Waals surface area contributed by atoms with Crippen LogP contribution in [0.15, 0.2) is 60.7 Å². The largest absolute Gasteiger partial charge is 0.507 e. The van der Waals surface area contributed by atoms with Gasteiger partial charge in [-0.2, -0.15) is 0 Å². The first-order valence-corrected chi connectivity index (χ1v) is 7.64. The van der Waals surface area contributed by atoms with Gasteiger partial charge < -0.3 is 14.6 Å². The molecule has 0 saturated heterocycles. The van der Waals surface area contributed by atoms with E-state index in [1.54, 1.807) is 18.2 Å². The molecule has 5 nitrogen and oxygen atoms in total. The van der Waals surface area contributed by atoms with Crippen LogP contribution in [-0.4, -0.2) is 24.2 Å². The molecule has 126 valence electrons. The number of ether oxygens (including phenoxy) is 2. The first-order chi connectivity index (χ1) is 12.1. The molecule has 1 N–H and O–H groups in total. The maximum atomic E-state index is 12.2. The van der Waals surface area contributed by atoms with Gasteiger partial charge in [-0.05, 0) is 40.6 Å². The molecule has 0 fully saturated rings. The Bertz CT molecular complexity index is 931. The second-order valence-corrected chi connectivity index (χ2v) is 5.48. The standard InChI is InChI=1S/C20H16O5/c1-24-20(23)17-10-16-9-15(8-7-14(16)11-18(17)21)19(22)25-12-13-5-3-2-4-6-13/h2-11,21H,12H2,1H3. The smallest absolute Gasteiger partial charge is 0.341 e. The number of rotatable bonds is 4. The van der Waals surface area contributed by atoms with E-state index in [9.17, 15) is 14.7 Å². The summed E-state index contributed by atoms with van der Waals surface area (Å²) in [5.74, 6) is -1.27. The summed E-state index contributed by atoms with van der Waals surface area (Å²) < 4.78 is 9.95. The van der Waals surface area contributed by atoms with Gasteiger partial charge in [-0.3, -0.25) is 0 Å². The van der Waals surface area contributed by atoms with Gasteiger partial charge in [-0.15, -0.1) is 0 Å². The molecule has 0 radical (unpaired) electrons. The average Bonchev–Trinajstić information content (AvgIpc) is 2.65. The molecule has 3 aromatic rings. The van der Waals surface area contributed by atoms with Gasteiger partial charge in [0.2, 0.25) is 0 Å². The zero-order valence-electron chi connectivity index (χ0n) is 13.6. The summed E-state index contributed by atoms with van der Waals surface area (Å²) >= 11 is 0. The minimum absolute atomic E-state index is 0.0461. The van der Waals surface area contributed by atoms with Crippen molar-refractivity contribution in [2.75, 3.05) is 7.11 Å². The molecule has 0 unspecified atom stereocenters. The lowest BCUT2D eigenvalue weighted by Gasteiger charge is -2.08. The monoisotopic (exact) mass is 336 g/mol. The quantitative estimate of drug-likeness (QED) is 0.736. The number of hydrogen-bond acceptors (Lipinski definition) is 5. The van der Waals surface area contributed by atoms with E-state index in [1.165, 1.54) is 19.2 Å². The van der Waals surface area contributed by atoms with Crippen LogP contribution in [0.2, 0.25) is 0 Å². The van der Waals surface area contributed by atoms with Crippen LogP contribution in [0.4, 0.5) is 0 Å². The van der Waals surface area contributed by atoms with Gasteiger partial charge in [0.1, 0.15) is 17.9 Å². The summed E-state index contributed by atoms with van der Waals surface area (Å²) in [6, 6.07) is 17.3. The van der Waals surface area contributed by atoms with Crippen molar-refractivity contribution in [2.45, 2.75) is 6.61 Å². The highest BCUT2D eigenvalue weighted by molar-refractivity contribution is 6.01. The molecule has 3 rings (SSSR count). The lowest BCUT2D eigenvalue weighted by molar-refractivity contribution is 0.0472. The molecule has 25 heavy (non-hydrogen) atoms. The van der Waals surface area contributed by atoms with Crippen LogP contribution in [-0.2, 0) is 16.1 Å². The van der Waals surface area contributed by atoms with Crippen molar-refractivity contribution < 1.29 is 24.2 Å². The summed E-state index contributed by atoms with van der Waals surface area (Å²) in [5.41, 5.74) is 1.31. The van der Waals surface area contributed by atoms with Gasteiger partial charge in [0, 0.05) is 0 Å². The Morgan fingerprint density at radius 1 is 0.920 bits per heavy atom. The fourth-order valence-electron chi connectivity index (χ4n) is 2.49. The van der Waals surface area contributed by atoms with E-state index in [0.717, 1.165) is 5.56 Å². The van der Waals surface area contributed by atoms with Gasteiger partial charge >= 0.3 is 11.9 Å². The minimum Gasteiger partial charge on any atom is -0.507 e. The summed E-state index contributed by atoms with van der Waals surface area (Å²) in [7, 11) is 1.24. The molecule has 0 saturated carbocycles. The molecule has 0 heterocycles. The summed E-state index contributed by atoms with van der Waals surface area (Å²) in [6.07, 6.45) is 0. The van der Waals surface area contributed by atoms with Crippen molar-refractivity contribution in [1.82, 2.24) is 0 Å². The Labute approximate surface area is 144 Å². The number of esters is 2. The van der Waals surface area contributed by atoms with Gasteiger partial charge in [-0.25, -0.2) is 9.59 Å². The van der Waals surface area contributed by atoms with Crippen LogP contribution >= 0.6 is 0 Å². The van der Waals surface area contributed by atoms with Crippen LogP contribution in [0, 0.1) is 0 Å². The second-order valence-electron chi connectivity index (χ2n) is 5.48. The van der Waals surface area contributed by atoms with Gasteiger partial charge in [0.05, 0.1) is 12.7 Å². The van der Waals surface area contributed by atoms with Crippen LogP contribution < -0.4 is 0 Å². The van der Waals surface area contributed by atoms with Crippen molar-refractivity contribution in [1.29, 1.82) is 0 Å². The molecular formula is C20H16O5. The number of hydrogen-bond donors (Lipinski definition) is 1. The van der Waals surface area contributed by atoms with E-state index in [1.807, 2.05) is 30.3 Å². The van der Waals surface area contributed by atoms with E-state index in [0.29, 0.717) is 16.3 Å². The topological polar surface area (TPSA) is 72.8 Å². The van der Waals surface area contributed by atoms with Crippen molar-refractivity contribution in [3.05, 3.63) is 77.4 Å². The fraction of sp³-hybridized carbons (Fsp3) is 0.100. The fourth-order valence-corrected chi connectivity index (χ4v) is 2.49. The van der Waals surface area contributed by atoms with E-state index < -0.39 is 11.9 Å². The predicted molar refractivity (Wildman–Crippen MR) is 92.5 cm³/mol. The number of methoxy groups -OCH3 is 1. The lowest BCUT2D eigenvalue weighted by Crippen LogP contribution is -2.05. The van der Waals surface area contributed by atoms with E-state index in [2.05, 4.69) is 4.74 Å². The first kappa shape index (κ1) is 16.5. The highest BCUT2D eigenvalue weighted by Crippen LogP contribution is 2.26. The maximum absolute atomic E-state index is 12.2. The molecule has 3 aromatic carbocycles. The molecule has 0 aliphatic heterocycles. The Hall–Kier alpha value is -3.34. The van der Waals surface area contributed by atoms with Crippen molar-refractivity contribution >= 4 is 22.7 Å². The molecule has 0 bridgehead atoms. The summed E-state index contributed by atoms with van der Waals surface area (Å²) in [4.78, 5) is 23.9. The zero-order chi connectivity index (χ0) is 17.8. The molecule has 0 spiro atoms. The molecule has 0 atom stereocenters. The van der Waals surface area contributed by atoms with Crippen molar-refractivity contribution in [3.8, 4) is 5.75 Å². The van der Waals surface area contributed by atoms with Crippen molar-refractivity contribution in [2.24, 2.45) is 0 Å². The minimum atomic E-state index is -0.642. The van der Waals surface area contributed by atoms with E-state index in [-0.39, 0.29) is 17.9 Å². The molecular weight excluding hydrogens is 320 g/mol. The van der Waals surface area contributed by atoms with Crippen LogP contribution in [0.5, 0.6) is 5.75 Å². The molecule has 0 amide bonds. The van der Waals surface area contributed by atoms with Gasteiger partial charge in [0.15, 0.2) is 0 Å². The Kier molecular flexibility index (Phi) is 4.66. The number of benzene rings is 3. The van der Waals surface area contributed by atoms with Gasteiger partial charge in [0.25, 0.3) is 0 Å². The van der Waals surface area contributed by atoms with E-state index >= 15 is 0 Å². The lowest BCUT2D eigenvalue weighted by atomic mass is 10.0. The number of phenols is 1. The Balaban J connectivity index is 1.85. The summed E-state index contributed by atoms with van der Waals surface area (Å²) in [6.45, 7) is 0.181. The highest BCUT2D eigenvalue weighted by atomic mass is 16.5. The predicted octanol–water partition coefficient (Wildman–Crippen LogP) is 3.69. The number of fused-ring (bicyclic) bond motifs is 1. The third-order valence-electron chi connectivity index (χ3n) is 3.81. The average molecular weight is 336 g/mol. The van der Waals surface area contributed by atoms with E-state index in [4.69, 9.17) is 4.74 Å². The Morgan fingerprint density at radius 2 is 1.68 bits per heavy atom. The first-order valence-electron chi connectivity index (χ1n) is 7.64. The molecule has 5 heteroatoms. The SMILES string of the molecule is COC(=O)c1cc2cc(C(=O)OCc3ccccc3)ccc2cc1O. The highest BCUT2D eigenvalue weighted by Gasteiger charge is 2.14. The zero-order valence-corrected chi connectivity index (χ0v) is 13.6. The van der Waals surface area contributed by atoms with Crippen molar-refractivity contribution in [3.63, 3.8) is 0 Å². The number of phenolic OH excluding ortho intramolecular Hbond substituents is 1. The Morgan fingerprint density at radius 3 is 2.40 bits per heavy atom. The third kappa shape index (κ3) is 3.61. The summed E-state index contributed by atoms with van der Waals surface area (Å²) in [5, 5.41) is 11.2. The normalized spacial score (nSPS) is 10.4. The maximum Gasteiger partial charge on any atom is 0.341 e. The number of carbonyl (C=O) groups excluding carboxylic acids is 2. The number of carbonyl (C=O) groups is 2. The van der Waals surface area contributed by atoms with Crippen LogP contribution in [0.1, 0.15) is 26.3 Å². The third-order valence-corrected chi connectivity index (χ3v) is 3.81. The molecule has 0 aromatic heterocycles. The molecule has 0 aliphatic rings. The second kappa shape index (κ2) is 7.05. The molecule has 0 aliphatic carbocycles. The van der Waals surface area contributed by atoms with Crippen LogP contribution in [0.3, 0.4) is 0 Å². The number of aromatic hydroxyl groups is 1. The van der Waals surface area contributed by atoms with Gasteiger partial charge in [-0.1, -0.05) is 36.4 Å².